The van der Waals surface area contributed by atoms with E-state index in [0.29, 0.717) is 4.90 Å². The summed E-state index contributed by atoms with van der Waals surface area (Å²) in [6.07, 6.45) is 1.81. The Morgan fingerprint density at radius 2 is 1.80 bits per heavy atom. The lowest BCUT2D eigenvalue weighted by Gasteiger charge is -2.18. The third kappa shape index (κ3) is 5.76. The molecule has 2 rings (SSSR count). The van der Waals surface area contributed by atoms with Crippen LogP contribution in [0.5, 0.6) is 11.5 Å². The van der Waals surface area contributed by atoms with Crippen molar-refractivity contribution in [3.63, 3.8) is 0 Å². The van der Waals surface area contributed by atoms with E-state index in [1.54, 1.807) is 19.2 Å². The van der Waals surface area contributed by atoms with Crippen LogP contribution in [0.3, 0.4) is 0 Å². The summed E-state index contributed by atoms with van der Waals surface area (Å²) in [5.74, 6) is -1.85. The molecular weight excluding hydrogens is 412 g/mol. The van der Waals surface area contributed by atoms with E-state index < -0.39 is 23.9 Å². The molecule has 1 unspecified atom stereocenters. The van der Waals surface area contributed by atoms with Crippen molar-refractivity contribution in [2.45, 2.75) is 38.6 Å². The fourth-order valence-electron chi connectivity index (χ4n) is 2.78. The average Bonchev–Trinajstić information content (AvgIpc) is 3.00. The van der Waals surface area contributed by atoms with Crippen LogP contribution >= 0.6 is 11.8 Å². The summed E-state index contributed by atoms with van der Waals surface area (Å²) in [6, 6.07) is 2.52. The monoisotopic (exact) mass is 436 g/mol. The van der Waals surface area contributed by atoms with Gasteiger partial charge in [-0.15, -0.1) is 11.8 Å². The van der Waals surface area contributed by atoms with Gasteiger partial charge >= 0.3 is 17.9 Å². The molecular formula is C20H24N2O7S. The number of carbonyl (C=O) groups is 4. The molecule has 0 radical (unpaired) electrons. The first-order chi connectivity index (χ1) is 14.1. The average molecular weight is 436 g/mol. The highest BCUT2D eigenvalue weighted by atomic mass is 32.2. The number of ether oxygens (including phenoxy) is 3. The number of amides is 1. The second kappa shape index (κ2) is 10.1. The Morgan fingerprint density at radius 1 is 1.13 bits per heavy atom. The summed E-state index contributed by atoms with van der Waals surface area (Å²) in [5, 5.41) is 3.30. The van der Waals surface area contributed by atoms with E-state index in [9.17, 15) is 19.2 Å². The molecule has 9 nitrogen and oxygen atoms in total. The van der Waals surface area contributed by atoms with Crippen molar-refractivity contribution in [3.05, 3.63) is 18.3 Å². The van der Waals surface area contributed by atoms with Crippen LogP contribution in [-0.4, -0.2) is 46.8 Å². The molecule has 0 spiro atoms. The SMILES string of the molecule is CCOC(=O)C(CSc1c(OC(C)=O)c(OC(C)=O)cc2c1ccn2C)NC(C)=O. The number of rotatable bonds is 8. The van der Waals surface area contributed by atoms with Crippen molar-refractivity contribution < 1.29 is 33.4 Å². The van der Waals surface area contributed by atoms with E-state index in [-0.39, 0.29) is 29.8 Å². The fraction of sp³-hybridized carbons (Fsp3) is 0.400. The first-order valence-electron chi connectivity index (χ1n) is 9.19. The van der Waals surface area contributed by atoms with E-state index >= 15 is 0 Å². The first kappa shape index (κ1) is 23.3. The number of benzene rings is 1. The maximum Gasteiger partial charge on any atom is 0.329 e. The van der Waals surface area contributed by atoms with E-state index in [2.05, 4.69) is 5.32 Å². The fourth-order valence-corrected chi connectivity index (χ4v) is 3.93. The van der Waals surface area contributed by atoms with Crippen LogP contribution < -0.4 is 14.8 Å². The lowest BCUT2D eigenvalue weighted by molar-refractivity contribution is -0.146. The standard InChI is InChI=1S/C20H24N2O7S/c1-6-27-20(26)15(21-11(2)23)10-30-19-14-7-8-22(5)16(14)9-17(28-12(3)24)18(19)29-13(4)25/h7-9,15H,6,10H2,1-5H3,(H,21,23). The maximum atomic E-state index is 12.2. The molecule has 0 bridgehead atoms. The minimum atomic E-state index is -0.909. The van der Waals surface area contributed by atoms with Gasteiger partial charge < -0.3 is 24.1 Å². The highest BCUT2D eigenvalue weighted by Crippen LogP contribution is 2.44. The highest BCUT2D eigenvalue weighted by molar-refractivity contribution is 7.99. The molecule has 1 N–H and O–H groups in total. The smallest absolute Gasteiger partial charge is 0.329 e. The number of esters is 3. The molecule has 1 atom stereocenters. The molecule has 10 heteroatoms. The van der Waals surface area contributed by atoms with Crippen LogP contribution in [0.25, 0.3) is 10.9 Å². The summed E-state index contributed by atoms with van der Waals surface area (Å²) in [4.78, 5) is 47.6. The van der Waals surface area contributed by atoms with Gasteiger partial charge in [0.1, 0.15) is 6.04 Å². The van der Waals surface area contributed by atoms with E-state index in [4.69, 9.17) is 14.2 Å². The Morgan fingerprint density at radius 3 is 2.37 bits per heavy atom. The molecule has 0 aliphatic rings. The number of fused-ring (bicyclic) bond motifs is 1. The molecule has 30 heavy (non-hydrogen) atoms. The van der Waals surface area contributed by atoms with Crippen LogP contribution in [0.2, 0.25) is 0 Å². The summed E-state index contributed by atoms with van der Waals surface area (Å²) < 4.78 is 17.5. The Labute approximate surface area is 178 Å². The Hall–Kier alpha value is -3.01. The van der Waals surface area contributed by atoms with Crippen molar-refractivity contribution >= 4 is 46.5 Å². The number of carbonyl (C=O) groups excluding carboxylic acids is 4. The van der Waals surface area contributed by atoms with Gasteiger partial charge in [0, 0.05) is 51.2 Å². The largest absolute Gasteiger partial charge is 0.464 e. The molecule has 1 amide bonds. The van der Waals surface area contributed by atoms with Gasteiger partial charge in [-0.05, 0) is 13.0 Å². The van der Waals surface area contributed by atoms with Gasteiger partial charge in [-0.3, -0.25) is 14.4 Å². The number of aromatic nitrogens is 1. The van der Waals surface area contributed by atoms with Crippen LogP contribution in [0, 0.1) is 0 Å². The van der Waals surface area contributed by atoms with Gasteiger partial charge in [0.25, 0.3) is 0 Å². The van der Waals surface area contributed by atoms with Crippen LogP contribution in [-0.2, 0) is 31.0 Å². The topological polar surface area (TPSA) is 113 Å². The molecule has 0 saturated carbocycles. The zero-order valence-corrected chi connectivity index (χ0v) is 18.3. The van der Waals surface area contributed by atoms with Crippen molar-refractivity contribution in [1.82, 2.24) is 9.88 Å². The van der Waals surface area contributed by atoms with Gasteiger partial charge in [0.15, 0.2) is 11.5 Å². The van der Waals surface area contributed by atoms with E-state index in [1.165, 1.54) is 32.5 Å². The number of thioether (sulfide) groups is 1. The van der Waals surface area contributed by atoms with Crippen molar-refractivity contribution in [1.29, 1.82) is 0 Å². The predicted octanol–water partition coefficient (Wildman–Crippen LogP) is 2.19. The van der Waals surface area contributed by atoms with Gasteiger partial charge in [0.2, 0.25) is 5.91 Å². The third-order valence-corrected chi connectivity index (χ3v) is 5.10. The summed E-state index contributed by atoms with van der Waals surface area (Å²) in [5.41, 5.74) is 0.733. The van der Waals surface area contributed by atoms with Gasteiger partial charge in [-0.2, -0.15) is 0 Å². The molecule has 0 aliphatic carbocycles. The van der Waals surface area contributed by atoms with E-state index in [0.717, 1.165) is 10.9 Å². The minimum Gasteiger partial charge on any atom is -0.464 e. The molecule has 1 heterocycles. The van der Waals surface area contributed by atoms with Gasteiger partial charge in [0.05, 0.1) is 17.0 Å². The molecule has 1 aromatic carbocycles. The second-order valence-electron chi connectivity index (χ2n) is 6.40. The summed E-state index contributed by atoms with van der Waals surface area (Å²) in [7, 11) is 1.82. The zero-order valence-electron chi connectivity index (χ0n) is 17.4. The Kier molecular flexibility index (Phi) is 7.87. The lowest BCUT2D eigenvalue weighted by Crippen LogP contribution is -2.42. The molecule has 0 fully saturated rings. The van der Waals surface area contributed by atoms with E-state index in [1.807, 2.05) is 17.7 Å². The number of hydrogen-bond donors (Lipinski definition) is 1. The highest BCUT2D eigenvalue weighted by Gasteiger charge is 2.25. The number of nitrogens with one attached hydrogen (secondary N) is 1. The van der Waals surface area contributed by atoms with Crippen LogP contribution in [0.4, 0.5) is 0 Å². The van der Waals surface area contributed by atoms with Gasteiger partial charge in [-0.25, -0.2) is 4.79 Å². The third-order valence-electron chi connectivity index (χ3n) is 3.91. The number of hydrogen-bond acceptors (Lipinski definition) is 8. The normalized spacial score (nSPS) is 11.6. The molecule has 2 aromatic rings. The molecule has 0 saturated heterocycles. The summed E-state index contributed by atoms with van der Waals surface area (Å²) >= 11 is 1.18. The molecule has 1 aromatic heterocycles. The Bertz CT molecular complexity index is 983. The molecule has 162 valence electrons. The Balaban J connectivity index is 2.53. The van der Waals surface area contributed by atoms with Crippen molar-refractivity contribution in [3.8, 4) is 11.5 Å². The first-order valence-corrected chi connectivity index (χ1v) is 10.2. The van der Waals surface area contributed by atoms with Crippen LogP contribution in [0.15, 0.2) is 23.2 Å². The maximum absolute atomic E-state index is 12.2. The van der Waals surface area contributed by atoms with Crippen molar-refractivity contribution in [2.75, 3.05) is 12.4 Å². The zero-order chi connectivity index (χ0) is 22.4. The quantitative estimate of drug-likeness (QED) is 0.381. The number of aryl methyl sites for hydroxylation is 1. The number of nitrogens with zero attached hydrogens (tertiary/aromatic N) is 1. The second-order valence-corrected chi connectivity index (χ2v) is 7.43. The summed E-state index contributed by atoms with van der Waals surface area (Å²) in [6.45, 7) is 5.62. The van der Waals surface area contributed by atoms with Crippen molar-refractivity contribution in [2.24, 2.45) is 7.05 Å². The predicted molar refractivity (Wildman–Crippen MR) is 110 cm³/mol. The molecule has 0 aliphatic heterocycles. The van der Waals surface area contributed by atoms with Gasteiger partial charge in [-0.1, -0.05) is 0 Å². The van der Waals surface area contributed by atoms with Crippen LogP contribution in [0.1, 0.15) is 27.7 Å². The minimum absolute atomic E-state index is 0.0758. The lowest BCUT2D eigenvalue weighted by atomic mass is 10.2.